The molecule has 15 nitrogen and oxygen atoms in total. The number of halogens is 1. The van der Waals surface area contributed by atoms with Crippen molar-refractivity contribution in [2.75, 3.05) is 19.8 Å². The number of ether oxygens (including phenoxy) is 5. The van der Waals surface area contributed by atoms with Gasteiger partial charge < -0.3 is 74.7 Å². The van der Waals surface area contributed by atoms with Gasteiger partial charge in [0.15, 0.2) is 12.6 Å². The van der Waals surface area contributed by atoms with Crippen molar-refractivity contribution in [2.24, 2.45) is 0 Å². The molecule has 0 aromatic carbocycles. The molecule has 0 spiro atoms. The number of aliphatic hydroxyl groups excluding tert-OH is 10. The monoisotopic (exact) mass is 566 g/mol. The van der Waals surface area contributed by atoms with Gasteiger partial charge in [-0.05, 0) is 0 Å². The Morgan fingerprint density at radius 3 is 1.41 bits per heavy atom. The molecule has 3 fully saturated rings. The van der Waals surface area contributed by atoms with E-state index in [0.717, 1.165) is 0 Å². The third-order valence-corrected chi connectivity index (χ3v) is 6.82. The lowest BCUT2D eigenvalue weighted by Gasteiger charge is -2.47. The highest BCUT2D eigenvalue weighted by Gasteiger charge is 2.53. The molecule has 3 rings (SSSR count). The number of rotatable bonds is 7. The smallest absolute Gasteiger partial charge is 0.187 e. The molecular formula is C18H31BrO15. The first kappa shape index (κ1) is 28.5. The standard InChI is InChI=1S/C18H31BrO15/c19-16-11(27)9(25)14(5(2-21)30-16)33-18-13(29)10(26)15(6(3-22)32-18)34-17-12(28)8(24)7(23)4(1-20)31-17/h4-18,20-29H,1-3H2/t4?,5?,6?,7-,8-,9+,10+,11?,12?,13?,14-,15-,16+,17-,18-/m0/s1. The average Bonchev–Trinajstić information content (AvgIpc) is 2.83. The molecule has 16 heteroatoms. The zero-order valence-electron chi connectivity index (χ0n) is 17.7. The van der Waals surface area contributed by atoms with E-state index in [2.05, 4.69) is 15.9 Å². The topological polar surface area (TPSA) is 248 Å². The van der Waals surface area contributed by atoms with Gasteiger partial charge in [-0.1, -0.05) is 15.9 Å². The number of aliphatic hydroxyl groups is 10. The lowest BCUT2D eigenvalue weighted by Crippen LogP contribution is -2.66. The van der Waals surface area contributed by atoms with E-state index in [-0.39, 0.29) is 0 Å². The third-order valence-electron chi connectivity index (χ3n) is 6.06. The van der Waals surface area contributed by atoms with Gasteiger partial charge in [0.25, 0.3) is 0 Å². The van der Waals surface area contributed by atoms with Crippen molar-refractivity contribution in [1.29, 1.82) is 0 Å². The van der Waals surface area contributed by atoms with E-state index in [4.69, 9.17) is 23.7 Å². The largest absolute Gasteiger partial charge is 0.394 e. The second-order valence-corrected chi connectivity index (χ2v) is 9.20. The molecule has 6 unspecified atom stereocenters. The molecule has 0 aliphatic carbocycles. The summed E-state index contributed by atoms with van der Waals surface area (Å²) in [6, 6.07) is 0. The Morgan fingerprint density at radius 2 is 0.912 bits per heavy atom. The van der Waals surface area contributed by atoms with Crippen molar-refractivity contribution < 1.29 is 74.7 Å². The molecule has 3 aliphatic rings. The van der Waals surface area contributed by atoms with Crippen molar-refractivity contribution in [2.45, 2.75) is 90.8 Å². The highest BCUT2D eigenvalue weighted by atomic mass is 79.9. The van der Waals surface area contributed by atoms with Crippen LogP contribution in [0.5, 0.6) is 0 Å². The van der Waals surface area contributed by atoms with Gasteiger partial charge in [-0.15, -0.1) is 0 Å². The van der Waals surface area contributed by atoms with Gasteiger partial charge in [0.05, 0.1) is 19.8 Å². The molecule has 0 aromatic heterocycles. The first-order valence-corrected chi connectivity index (χ1v) is 11.5. The molecule has 3 aliphatic heterocycles. The van der Waals surface area contributed by atoms with E-state index in [9.17, 15) is 51.1 Å². The molecule has 10 N–H and O–H groups in total. The minimum atomic E-state index is -1.86. The van der Waals surface area contributed by atoms with Crippen LogP contribution in [0.25, 0.3) is 0 Å². The van der Waals surface area contributed by atoms with E-state index < -0.39 is 111 Å². The summed E-state index contributed by atoms with van der Waals surface area (Å²) in [6.45, 7) is -2.14. The van der Waals surface area contributed by atoms with E-state index in [1.54, 1.807) is 0 Å². The molecule has 34 heavy (non-hydrogen) atoms. The van der Waals surface area contributed by atoms with Gasteiger partial charge in [-0.2, -0.15) is 0 Å². The zero-order chi connectivity index (χ0) is 25.3. The van der Waals surface area contributed by atoms with Crippen LogP contribution in [0.15, 0.2) is 0 Å². The zero-order valence-corrected chi connectivity index (χ0v) is 19.3. The average molecular weight is 567 g/mol. The van der Waals surface area contributed by atoms with Gasteiger partial charge >= 0.3 is 0 Å². The second kappa shape index (κ2) is 12.0. The predicted octanol–water partition coefficient (Wildman–Crippen LogP) is -6.17. The van der Waals surface area contributed by atoms with E-state index in [0.29, 0.717) is 0 Å². The Balaban J connectivity index is 1.72. The summed E-state index contributed by atoms with van der Waals surface area (Å²) in [4.78, 5) is 0. The van der Waals surface area contributed by atoms with Crippen LogP contribution < -0.4 is 0 Å². The number of hydrogen-bond donors (Lipinski definition) is 10. The minimum Gasteiger partial charge on any atom is -0.394 e. The fraction of sp³-hybridized carbons (Fsp3) is 1.00. The van der Waals surface area contributed by atoms with Crippen molar-refractivity contribution in [1.82, 2.24) is 0 Å². The van der Waals surface area contributed by atoms with E-state index in [1.165, 1.54) is 0 Å². The molecule has 200 valence electrons. The van der Waals surface area contributed by atoms with Crippen LogP contribution in [-0.4, -0.2) is 162 Å². The van der Waals surface area contributed by atoms with E-state index >= 15 is 0 Å². The van der Waals surface area contributed by atoms with Crippen LogP contribution in [-0.2, 0) is 23.7 Å². The fourth-order valence-electron chi connectivity index (χ4n) is 4.03. The highest BCUT2D eigenvalue weighted by molar-refractivity contribution is 9.09. The van der Waals surface area contributed by atoms with Crippen LogP contribution in [0, 0.1) is 0 Å². The summed E-state index contributed by atoms with van der Waals surface area (Å²) in [5.41, 5.74) is 0. The Kier molecular flexibility index (Phi) is 10.0. The van der Waals surface area contributed by atoms with Crippen molar-refractivity contribution >= 4 is 15.9 Å². The molecule has 15 atom stereocenters. The lowest BCUT2D eigenvalue weighted by atomic mass is 9.96. The number of alkyl halides is 1. The predicted molar refractivity (Wildman–Crippen MR) is 108 cm³/mol. The summed E-state index contributed by atoms with van der Waals surface area (Å²) in [7, 11) is 0. The molecule has 0 bridgehead atoms. The van der Waals surface area contributed by atoms with Crippen molar-refractivity contribution in [3.63, 3.8) is 0 Å². The molecular weight excluding hydrogens is 536 g/mol. The first-order valence-electron chi connectivity index (χ1n) is 10.6. The molecule has 0 aromatic rings. The maximum Gasteiger partial charge on any atom is 0.187 e. The Bertz CT molecular complexity index is 640. The summed E-state index contributed by atoms with van der Waals surface area (Å²) in [5.74, 6) is 0. The summed E-state index contributed by atoms with van der Waals surface area (Å²) < 4.78 is 27.0. The summed E-state index contributed by atoms with van der Waals surface area (Å²) in [6.07, 6.45) is -22.1. The van der Waals surface area contributed by atoms with Crippen LogP contribution in [0.3, 0.4) is 0 Å². The molecule has 0 radical (unpaired) electrons. The molecule has 3 heterocycles. The van der Waals surface area contributed by atoms with Gasteiger partial charge in [0, 0.05) is 0 Å². The lowest BCUT2D eigenvalue weighted by molar-refractivity contribution is -0.371. The quantitative estimate of drug-likeness (QED) is 0.129. The molecule has 0 amide bonds. The normalized spacial score (nSPS) is 52.5. The van der Waals surface area contributed by atoms with E-state index in [1.807, 2.05) is 0 Å². The minimum absolute atomic E-state index is 0.631. The Morgan fingerprint density at radius 1 is 0.500 bits per heavy atom. The van der Waals surface area contributed by atoms with Gasteiger partial charge in [0.2, 0.25) is 0 Å². The fourth-order valence-corrected chi connectivity index (χ4v) is 4.62. The summed E-state index contributed by atoms with van der Waals surface area (Å²) in [5, 5.41) is 99.1. The van der Waals surface area contributed by atoms with Gasteiger partial charge in [-0.25, -0.2) is 0 Å². The van der Waals surface area contributed by atoms with Gasteiger partial charge in [-0.3, -0.25) is 0 Å². The Labute approximate surface area is 201 Å². The third kappa shape index (κ3) is 5.57. The Hall–Kier alpha value is -0.120. The first-order chi connectivity index (χ1) is 16.0. The van der Waals surface area contributed by atoms with Crippen molar-refractivity contribution in [3.05, 3.63) is 0 Å². The maximum atomic E-state index is 10.6. The van der Waals surface area contributed by atoms with Crippen LogP contribution in [0.2, 0.25) is 0 Å². The highest BCUT2D eigenvalue weighted by Crippen LogP contribution is 2.33. The summed E-state index contributed by atoms with van der Waals surface area (Å²) >= 11 is 3.00. The second-order valence-electron chi connectivity index (χ2n) is 8.29. The van der Waals surface area contributed by atoms with Crippen LogP contribution in [0.1, 0.15) is 0 Å². The van der Waals surface area contributed by atoms with Crippen LogP contribution >= 0.6 is 15.9 Å². The maximum absolute atomic E-state index is 10.6. The van der Waals surface area contributed by atoms with Crippen molar-refractivity contribution in [3.8, 4) is 0 Å². The SMILES string of the molecule is OCC1O[C@@H](O[C@H]2C(CO)O[C@@H](O[C@H]3C(CO)O[C@@H](Br)C(O)[C@H]3O)C(O)[C@H]2O)C(O)[C@@H](O)[C@H]1O. The number of hydrogen-bond acceptors (Lipinski definition) is 15. The van der Waals surface area contributed by atoms with Crippen LogP contribution in [0.4, 0.5) is 0 Å². The van der Waals surface area contributed by atoms with Gasteiger partial charge in [0.1, 0.15) is 78.3 Å². The molecule has 0 saturated carbocycles. The molecule has 3 saturated heterocycles.